The fraction of sp³-hybridized carbons (Fsp3) is 0.438. The highest BCUT2D eigenvalue weighted by Crippen LogP contribution is 2.29. The van der Waals surface area contributed by atoms with Crippen LogP contribution >= 0.6 is 0 Å². The van der Waals surface area contributed by atoms with Crippen LogP contribution in [0.1, 0.15) is 32.3 Å². The van der Waals surface area contributed by atoms with Crippen molar-refractivity contribution in [3.63, 3.8) is 0 Å². The maximum Gasteiger partial charge on any atom is 0.325 e. The standard InChI is InChI=1S/C16H20N4O5/c1-3-4-9-17-13(21)10-19-14(22)16(2,18-15(19)23)11-5-7-12(8-6-11)20(24)25/h5-8H,3-4,9-10H2,1-2H3,(H,17,21)(H,18,23)/t16-/m1/s1. The van der Waals surface area contributed by atoms with Gasteiger partial charge in [-0.2, -0.15) is 0 Å². The van der Waals surface area contributed by atoms with Gasteiger partial charge in [-0.1, -0.05) is 13.3 Å². The van der Waals surface area contributed by atoms with E-state index >= 15 is 0 Å². The Morgan fingerprint density at radius 1 is 1.32 bits per heavy atom. The molecule has 1 fully saturated rings. The van der Waals surface area contributed by atoms with Crippen LogP contribution in [0.25, 0.3) is 0 Å². The van der Waals surface area contributed by atoms with Crippen LogP contribution in [0, 0.1) is 10.1 Å². The minimum Gasteiger partial charge on any atom is -0.355 e. The molecule has 134 valence electrons. The molecule has 2 N–H and O–H groups in total. The normalized spacial score (nSPS) is 19.7. The summed E-state index contributed by atoms with van der Waals surface area (Å²) in [6.07, 6.45) is 1.73. The van der Waals surface area contributed by atoms with Crippen LogP contribution in [0.5, 0.6) is 0 Å². The lowest BCUT2D eigenvalue weighted by Crippen LogP contribution is -2.43. The number of carbonyl (C=O) groups excluding carboxylic acids is 3. The van der Waals surface area contributed by atoms with Crippen molar-refractivity contribution in [2.75, 3.05) is 13.1 Å². The molecule has 25 heavy (non-hydrogen) atoms. The third-order valence-electron chi connectivity index (χ3n) is 4.08. The number of hydrogen-bond acceptors (Lipinski definition) is 5. The lowest BCUT2D eigenvalue weighted by Gasteiger charge is -2.22. The number of nitro benzene ring substituents is 1. The molecule has 9 nitrogen and oxygen atoms in total. The van der Waals surface area contributed by atoms with Crippen LogP contribution in [-0.2, 0) is 15.1 Å². The Balaban J connectivity index is 2.13. The molecule has 0 unspecified atom stereocenters. The first-order chi connectivity index (χ1) is 11.8. The third kappa shape index (κ3) is 3.76. The van der Waals surface area contributed by atoms with Crippen molar-refractivity contribution in [2.45, 2.75) is 32.2 Å². The molecule has 0 aliphatic carbocycles. The quantitative estimate of drug-likeness (QED) is 0.333. The van der Waals surface area contributed by atoms with Crippen molar-refractivity contribution in [3.05, 3.63) is 39.9 Å². The molecule has 0 radical (unpaired) electrons. The van der Waals surface area contributed by atoms with Crippen molar-refractivity contribution in [1.29, 1.82) is 0 Å². The molecule has 1 aromatic rings. The number of imide groups is 1. The number of carbonyl (C=O) groups is 3. The summed E-state index contributed by atoms with van der Waals surface area (Å²) in [6, 6.07) is 4.69. The molecule has 4 amide bonds. The number of nitrogens with one attached hydrogen (secondary N) is 2. The zero-order chi connectivity index (χ0) is 18.6. The van der Waals surface area contributed by atoms with Crippen LogP contribution in [0.15, 0.2) is 24.3 Å². The Labute approximate surface area is 144 Å². The number of nitro groups is 1. The second kappa shape index (κ2) is 7.29. The Morgan fingerprint density at radius 3 is 2.52 bits per heavy atom. The Hall–Kier alpha value is -2.97. The van der Waals surface area contributed by atoms with Gasteiger partial charge in [0.1, 0.15) is 12.1 Å². The molecule has 0 bridgehead atoms. The smallest absolute Gasteiger partial charge is 0.325 e. The SMILES string of the molecule is CCCCNC(=O)CN1C(=O)N[C@](C)(c2ccc([N+](=O)[O-])cc2)C1=O. The number of urea groups is 1. The minimum atomic E-state index is -1.37. The number of non-ortho nitro benzene ring substituents is 1. The predicted octanol–water partition coefficient (Wildman–Crippen LogP) is 1.28. The van der Waals surface area contributed by atoms with Gasteiger partial charge < -0.3 is 10.6 Å². The number of benzene rings is 1. The highest BCUT2D eigenvalue weighted by atomic mass is 16.6. The van der Waals surface area contributed by atoms with Gasteiger partial charge in [0, 0.05) is 18.7 Å². The second-order valence-corrected chi connectivity index (χ2v) is 5.95. The van der Waals surface area contributed by atoms with Crippen molar-refractivity contribution >= 4 is 23.5 Å². The molecule has 1 aromatic carbocycles. The molecule has 1 aliphatic heterocycles. The predicted molar refractivity (Wildman–Crippen MR) is 88.6 cm³/mol. The van der Waals surface area contributed by atoms with E-state index in [1.807, 2.05) is 6.92 Å². The fourth-order valence-electron chi connectivity index (χ4n) is 2.56. The van der Waals surface area contributed by atoms with Crippen molar-refractivity contribution < 1.29 is 19.3 Å². The summed E-state index contributed by atoms with van der Waals surface area (Å²) in [5.41, 5.74) is -1.07. The number of unbranched alkanes of at least 4 members (excludes halogenated alkanes) is 1. The molecule has 0 saturated carbocycles. The monoisotopic (exact) mass is 348 g/mol. The summed E-state index contributed by atoms with van der Waals surface area (Å²) in [6.45, 7) is 3.61. The molecule has 2 rings (SSSR count). The zero-order valence-corrected chi connectivity index (χ0v) is 14.1. The van der Waals surface area contributed by atoms with E-state index in [4.69, 9.17) is 0 Å². The molecule has 0 aromatic heterocycles. The Morgan fingerprint density at radius 2 is 1.96 bits per heavy atom. The van der Waals surface area contributed by atoms with Gasteiger partial charge in [-0.05, 0) is 31.0 Å². The lowest BCUT2D eigenvalue weighted by molar-refractivity contribution is -0.384. The van der Waals surface area contributed by atoms with E-state index in [1.165, 1.54) is 31.2 Å². The number of nitrogens with zero attached hydrogens (tertiary/aromatic N) is 2. The van der Waals surface area contributed by atoms with Crippen LogP contribution in [0.2, 0.25) is 0 Å². The molecule has 1 atom stereocenters. The van der Waals surface area contributed by atoms with Gasteiger partial charge >= 0.3 is 6.03 Å². The summed E-state index contributed by atoms with van der Waals surface area (Å²) in [5, 5.41) is 15.9. The first kappa shape index (κ1) is 18.4. The molecular weight excluding hydrogens is 328 g/mol. The number of hydrogen-bond donors (Lipinski definition) is 2. The van der Waals surface area contributed by atoms with Crippen LogP contribution in [0.3, 0.4) is 0 Å². The molecule has 1 heterocycles. The van der Waals surface area contributed by atoms with Crippen LogP contribution < -0.4 is 10.6 Å². The largest absolute Gasteiger partial charge is 0.355 e. The van der Waals surface area contributed by atoms with Gasteiger partial charge in [0.05, 0.1) is 4.92 Å². The second-order valence-electron chi connectivity index (χ2n) is 5.95. The van der Waals surface area contributed by atoms with E-state index in [0.29, 0.717) is 12.1 Å². The van der Waals surface area contributed by atoms with Gasteiger partial charge in [-0.3, -0.25) is 24.6 Å². The molecular formula is C16H20N4O5. The summed E-state index contributed by atoms with van der Waals surface area (Å²) >= 11 is 0. The van der Waals surface area contributed by atoms with Crippen LogP contribution in [0.4, 0.5) is 10.5 Å². The van der Waals surface area contributed by atoms with E-state index in [-0.39, 0.29) is 12.2 Å². The van der Waals surface area contributed by atoms with E-state index in [1.54, 1.807) is 0 Å². The maximum atomic E-state index is 12.7. The van der Waals surface area contributed by atoms with Crippen molar-refractivity contribution in [1.82, 2.24) is 15.5 Å². The van der Waals surface area contributed by atoms with Crippen molar-refractivity contribution in [3.8, 4) is 0 Å². The first-order valence-corrected chi connectivity index (χ1v) is 7.95. The van der Waals surface area contributed by atoms with Gasteiger partial charge in [0.2, 0.25) is 5.91 Å². The summed E-state index contributed by atoms with van der Waals surface area (Å²) in [5.74, 6) is -0.984. The van der Waals surface area contributed by atoms with E-state index < -0.39 is 28.3 Å². The summed E-state index contributed by atoms with van der Waals surface area (Å²) < 4.78 is 0. The highest BCUT2D eigenvalue weighted by molar-refractivity contribution is 6.09. The van der Waals surface area contributed by atoms with E-state index in [2.05, 4.69) is 10.6 Å². The topological polar surface area (TPSA) is 122 Å². The first-order valence-electron chi connectivity index (χ1n) is 7.95. The van der Waals surface area contributed by atoms with Crippen LogP contribution in [-0.4, -0.2) is 40.8 Å². The van der Waals surface area contributed by atoms with E-state index in [9.17, 15) is 24.5 Å². The third-order valence-corrected chi connectivity index (χ3v) is 4.08. The number of amides is 4. The average Bonchev–Trinajstić information content (AvgIpc) is 2.79. The summed E-state index contributed by atoms with van der Waals surface area (Å²) in [7, 11) is 0. The molecule has 9 heteroatoms. The zero-order valence-electron chi connectivity index (χ0n) is 14.1. The summed E-state index contributed by atoms with van der Waals surface area (Å²) in [4.78, 5) is 47.7. The van der Waals surface area contributed by atoms with E-state index in [0.717, 1.165) is 17.7 Å². The maximum absolute atomic E-state index is 12.7. The fourth-order valence-corrected chi connectivity index (χ4v) is 2.56. The van der Waals surface area contributed by atoms with Gasteiger partial charge in [0.25, 0.3) is 11.6 Å². The molecule has 1 aliphatic rings. The van der Waals surface area contributed by atoms with Crippen molar-refractivity contribution in [2.24, 2.45) is 0 Å². The Bertz CT molecular complexity index is 703. The highest BCUT2D eigenvalue weighted by Gasteiger charge is 2.49. The molecule has 1 saturated heterocycles. The minimum absolute atomic E-state index is 0.115. The number of rotatable bonds is 7. The Kier molecular flexibility index (Phi) is 5.35. The van der Waals surface area contributed by atoms with Gasteiger partial charge in [0.15, 0.2) is 0 Å². The van der Waals surface area contributed by atoms with Gasteiger partial charge in [-0.15, -0.1) is 0 Å². The average molecular weight is 348 g/mol. The molecule has 0 spiro atoms. The lowest BCUT2D eigenvalue weighted by atomic mass is 9.92. The van der Waals surface area contributed by atoms with Gasteiger partial charge in [-0.25, -0.2) is 4.79 Å².